The summed E-state index contributed by atoms with van der Waals surface area (Å²) in [6, 6.07) is 24.9. The average molecular weight is 495 g/mol. The molecule has 176 valence electrons. The number of hydrogen-bond acceptors (Lipinski definition) is 6. The Kier molecular flexibility index (Phi) is 6.25. The maximum absolute atomic E-state index is 13.3. The fourth-order valence-corrected chi connectivity index (χ4v) is 3.97. The van der Waals surface area contributed by atoms with Gasteiger partial charge in [0.25, 0.3) is 11.8 Å². The van der Waals surface area contributed by atoms with Gasteiger partial charge in [-0.25, -0.2) is 0 Å². The first-order chi connectivity index (χ1) is 17.5. The quantitative estimate of drug-likeness (QED) is 0.240. The largest absolute Gasteiger partial charge is 0.471 e. The van der Waals surface area contributed by atoms with Gasteiger partial charge in [0.15, 0.2) is 10.5 Å². The van der Waals surface area contributed by atoms with E-state index in [1.54, 1.807) is 48.5 Å². The zero-order chi connectivity index (χ0) is 25.1. The van der Waals surface area contributed by atoms with E-state index in [1.807, 2.05) is 36.4 Å². The predicted octanol–water partition coefficient (Wildman–Crippen LogP) is 4.93. The highest BCUT2D eigenvalue weighted by atomic mass is 32.1. The summed E-state index contributed by atoms with van der Waals surface area (Å²) >= 11 is 5.26. The van der Waals surface area contributed by atoms with Crippen LogP contribution in [0.5, 0.6) is 11.5 Å². The molecule has 1 saturated heterocycles. The van der Waals surface area contributed by atoms with Crippen molar-refractivity contribution in [3.05, 3.63) is 119 Å². The van der Waals surface area contributed by atoms with E-state index in [9.17, 15) is 14.4 Å². The zero-order valence-electron chi connectivity index (χ0n) is 18.7. The SMILES string of the molecule is O=C1NC(=S)N(c2ccc(Oc3ccccc3)cc2)C(=O)/C1=C/c1cocc(-c2ccccc2)c1=O. The molecule has 2 amide bonds. The molecule has 1 N–H and O–H groups in total. The Morgan fingerprint density at radius 2 is 1.44 bits per heavy atom. The standard InChI is InChI=1S/C28H18N2O5S/c31-25-19(16-34-17-24(25)18-7-3-1-4-8-18)15-23-26(32)29-28(36)30(27(23)33)20-11-13-22(14-12-20)35-21-9-5-2-6-10-21/h1-17H,(H,29,32,36)/b23-15+. The summed E-state index contributed by atoms with van der Waals surface area (Å²) in [6.45, 7) is 0. The minimum absolute atomic E-state index is 0.0641. The van der Waals surface area contributed by atoms with Crippen molar-refractivity contribution in [1.82, 2.24) is 5.32 Å². The van der Waals surface area contributed by atoms with Crippen LogP contribution < -0.4 is 20.4 Å². The second-order valence-electron chi connectivity index (χ2n) is 7.80. The average Bonchev–Trinajstić information content (AvgIpc) is 2.89. The lowest BCUT2D eigenvalue weighted by molar-refractivity contribution is -0.122. The minimum atomic E-state index is -0.699. The number of carbonyl (C=O) groups is 2. The Bertz CT molecular complexity index is 1540. The van der Waals surface area contributed by atoms with Crippen molar-refractivity contribution in [2.45, 2.75) is 0 Å². The van der Waals surface area contributed by atoms with E-state index in [0.29, 0.717) is 28.3 Å². The Morgan fingerprint density at radius 1 is 0.806 bits per heavy atom. The molecule has 0 spiro atoms. The van der Waals surface area contributed by atoms with Crippen LogP contribution in [-0.2, 0) is 9.59 Å². The Labute approximate surface area is 211 Å². The van der Waals surface area contributed by atoms with Gasteiger partial charge in [0.1, 0.15) is 29.6 Å². The molecule has 36 heavy (non-hydrogen) atoms. The number of carbonyl (C=O) groups excluding carboxylic acids is 2. The first kappa shape index (κ1) is 22.9. The zero-order valence-corrected chi connectivity index (χ0v) is 19.5. The van der Waals surface area contributed by atoms with E-state index < -0.39 is 11.8 Å². The number of amides is 2. The van der Waals surface area contributed by atoms with Gasteiger partial charge < -0.3 is 9.15 Å². The fourth-order valence-electron chi connectivity index (χ4n) is 3.69. The van der Waals surface area contributed by atoms with Crippen molar-refractivity contribution in [2.75, 3.05) is 4.90 Å². The maximum atomic E-state index is 13.3. The van der Waals surface area contributed by atoms with Crippen molar-refractivity contribution < 1.29 is 18.7 Å². The Morgan fingerprint density at radius 3 is 2.14 bits per heavy atom. The molecule has 1 aromatic heterocycles. The summed E-state index contributed by atoms with van der Waals surface area (Å²) < 4.78 is 11.1. The molecule has 3 aromatic carbocycles. The molecule has 0 atom stereocenters. The van der Waals surface area contributed by atoms with Crippen molar-refractivity contribution in [2.24, 2.45) is 0 Å². The minimum Gasteiger partial charge on any atom is -0.471 e. The third kappa shape index (κ3) is 4.57. The van der Waals surface area contributed by atoms with E-state index in [-0.39, 0.29) is 21.7 Å². The van der Waals surface area contributed by atoms with Gasteiger partial charge in [0.05, 0.1) is 16.8 Å². The van der Waals surface area contributed by atoms with Gasteiger partial charge in [-0.1, -0.05) is 48.5 Å². The highest BCUT2D eigenvalue weighted by Crippen LogP contribution is 2.27. The van der Waals surface area contributed by atoms with Gasteiger partial charge in [-0.05, 0) is 60.3 Å². The monoisotopic (exact) mass is 494 g/mol. The number of ether oxygens (including phenoxy) is 1. The summed E-state index contributed by atoms with van der Waals surface area (Å²) in [6.07, 6.45) is 3.76. The molecule has 7 nitrogen and oxygen atoms in total. The lowest BCUT2D eigenvalue weighted by Gasteiger charge is -2.29. The predicted molar refractivity (Wildman–Crippen MR) is 140 cm³/mol. The molecule has 8 heteroatoms. The number of anilines is 1. The lowest BCUT2D eigenvalue weighted by Crippen LogP contribution is -2.54. The van der Waals surface area contributed by atoms with Crippen LogP contribution in [-0.4, -0.2) is 16.9 Å². The third-order valence-electron chi connectivity index (χ3n) is 5.45. The molecule has 4 aromatic rings. The fraction of sp³-hybridized carbons (Fsp3) is 0. The lowest BCUT2D eigenvalue weighted by atomic mass is 10.0. The van der Waals surface area contributed by atoms with Crippen LogP contribution in [0.4, 0.5) is 5.69 Å². The van der Waals surface area contributed by atoms with Crippen LogP contribution in [0.25, 0.3) is 17.2 Å². The van der Waals surface area contributed by atoms with Gasteiger partial charge in [-0.2, -0.15) is 0 Å². The number of benzene rings is 3. The Hall–Kier alpha value is -4.82. The van der Waals surface area contributed by atoms with E-state index >= 15 is 0 Å². The summed E-state index contributed by atoms with van der Waals surface area (Å²) in [7, 11) is 0. The smallest absolute Gasteiger partial charge is 0.270 e. The van der Waals surface area contributed by atoms with Gasteiger partial charge in [-0.3, -0.25) is 24.6 Å². The van der Waals surface area contributed by atoms with E-state index in [2.05, 4.69) is 5.32 Å². The molecule has 0 radical (unpaired) electrons. The molecule has 0 aliphatic carbocycles. The molecule has 1 aliphatic heterocycles. The summed E-state index contributed by atoms with van der Waals surface area (Å²) in [5.74, 6) is -0.126. The van der Waals surface area contributed by atoms with Gasteiger partial charge in [0, 0.05) is 0 Å². The third-order valence-corrected chi connectivity index (χ3v) is 5.73. The first-order valence-corrected chi connectivity index (χ1v) is 11.3. The van der Waals surface area contributed by atoms with Gasteiger partial charge in [0.2, 0.25) is 0 Å². The van der Waals surface area contributed by atoms with Crippen LogP contribution >= 0.6 is 12.2 Å². The number of hydrogen-bond donors (Lipinski definition) is 1. The summed E-state index contributed by atoms with van der Waals surface area (Å²) in [5.41, 5.74) is 0.852. The first-order valence-electron chi connectivity index (χ1n) is 10.9. The van der Waals surface area contributed by atoms with Crippen LogP contribution in [0.3, 0.4) is 0 Å². The molecule has 1 aliphatic rings. The number of rotatable bonds is 5. The number of nitrogens with one attached hydrogen (secondary N) is 1. The van der Waals surface area contributed by atoms with Gasteiger partial charge >= 0.3 is 0 Å². The molecule has 0 bridgehead atoms. The Balaban J connectivity index is 1.45. The highest BCUT2D eigenvalue weighted by molar-refractivity contribution is 7.80. The molecular formula is C28H18N2O5S. The number of para-hydroxylation sites is 1. The topological polar surface area (TPSA) is 88.8 Å². The van der Waals surface area contributed by atoms with Crippen molar-refractivity contribution in [1.29, 1.82) is 0 Å². The van der Waals surface area contributed by atoms with Crippen molar-refractivity contribution in [3.8, 4) is 22.6 Å². The van der Waals surface area contributed by atoms with Crippen LogP contribution in [0.1, 0.15) is 5.56 Å². The van der Waals surface area contributed by atoms with Crippen LogP contribution in [0, 0.1) is 0 Å². The molecule has 2 heterocycles. The second kappa shape index (κ2) is 9.81. The van der Waals surface area contributed by atoms with Gasteiger partial charge in [-0.15, -0.1) is 0 Å². The summed E-state index contributed by atoms with van der Waals surface area (Å²) in [5, 5.41) is 2.45. The van der Waals surface area contributed by atoms with Crippen LogP contribution in [0.15, 0.2) is 112 Å². The van der Waals surface area contributed by atoms with E-state index in [4.69, 9.17) is 21.4 Å². The number of thiocarbonyl (C=S) groups is 1. The molecule has 1 fully saturated rings. The molecule has 5 rings (SSSR count). The molecular weight excluding hydrogens is 476 g/mol. The number of nitrogens with zero attached hydrogens (tertiary/aromatic N) is 1. The second-order valence-corrected chi connectivity index (χ2v) is 8.19. The van der Waals surface area contributed by atoms with E-state index in [0.717, 1.165) is 0 Å². The highest BCUT2D eigenvalue weighted by Gasteiger charge is 2.34. The van der Waals surface area contributed by atoms with Crippen molar-refractivity contribution >= 4 is 40.9 Å². The maximum Gasteiger partial charge on any atom is 0.270 e. The van der Waals surface area contributed by atoms with E-state index in [1.165, 1.54) is 23.5 Å². The normalized spacial score (nSPS) is 14.6. The molecule has 0 saturated carbocycles. The molecule has 0 unspecified atom stereocenters. The van der Waals surface area contributed by atoms with Crippen LogP contribution in [0.2, 0.25) is 0 Å². The van der Waals surface area contributed by atoms with Crippen molar-refractivity contribution in [3.63, 3.8) is 0 Å². The summed E-state index contributed by atoms with van der Waals surface area (Å²) in [4.78, 5) is 40.2.